The number of tetrazole rings is 1. The number of carboxylic acids is 1. The Morgan fingerprint density at radius 1 is 1.06 bits per heavy atom. The number of thioether (sulfide) groups is 1. The molecule has 0 aliphatic rings. The number of aryl methyl sites for hydroxylation is 1. The summed E-state index contributed by atoms with van der Waals surface area (Å²) in [4.78, 5) is 37.0. The first-order chi connectivity index (χ1) is 16.3. The number of carbonyl (C=O) groups is 3. The van der Waals surface area contributed by atoms with E-state index in [9.17, 15) is 19.5 Å². The highest BCUT2D eigenvalue weighted by molar-refractivity contribution is 8.13. The summed E-state index contributed by atoms with van der Waals surface area (Å²) in [5, 5.41) is 23.5. The summed E-state index contributed by atoms with van der Waals surface area (Å²) in [6, 6.07) is 13.4. The summed E-state index contributed by atoms with van der Waals surface area (Å²) in [6.07, 6.45) is 0.0943. The van der Waals surface area contributed by atoms with Crippen LogP contribution in [0.3, 0.4) is 0 Å². The van der Waals surface area contributed by atoms with Gasteiger partial charge in [-0.1, -0.05) is 71.4 Å². The quantitative estimate of drug-likeness (QED) is 0.367. The Labute approximate surface area is 213 Å². The summed E-state index contributed by atoms with van der Waals surface area (Å²) in [5.74, 6) is -1.29. The van der Waals surface area contributed by atoms with Gasteiger partial charge in [-0.05, 0) is 46.3 Å². The van der Waals surface area contributed by atoms with Gasteiger partial charge >= 0.3 is 5.97 Å². The summed E-state index contributed by atoms with van der Waals surface area (Å²) in [6.45, 7) is -0.343. The average Bonchev–Trinajstić information content (AvgIpc) is 3.23. The summed E-state index contributed by atoms with van der Waals surface area (Å²) >= 11 is 14.4. The molecular formula is C21H19Cl2N5O4S2. The lowest BCUT2D eigenvalue weighted by Gasteiger charge is -2.16. The zero-order valence-corrected chi connectivity index (χ0v) is 20.7. The van der Waals surface area contributed by atoms with Crippen molar-refractivity contribution in [1.82, 2.24) is 25.5 Å². The third kappa shape index (κ3) is 7.73. The molecule has 2 aromatic carbocycles. The van der Waals surface area contributed by atoms with E-state index in [1.54, 1.807) is 18.2 Å². The van der Waals surface area contributed by atoms with Gasteiger partial charge in [0.15, 0.2) is 5.78 Å². The van der Waals surface area contributed by atoms with E-state index >= 15 is 0 Å². The number of aliphatic carboxylic acids is 1. The van der Waals surface area contributed by atoms with Crippen LogP contribution in [0.4, 0.5) is 4.79 Å². The highest BCUT2D eigenvalue weighted by Crippen LogP contribution is 2.37. The lowest BCUT2D eigenvalue weighted by atomic mass is 10.1. The van der Waals surface area contributed by atoms with Crippen LogP contribution in [-0.4, -0.2) is 54.1 Å². The second-order valence-corrected chi connectivity index (χ2v) is 9.76. The lowest BCUT2D eigenvalue weighted by molar-refractivity contribution is -0.139. The smallest absolute Gasteiger partial charge is 0.305 e. The second-order valence-electron chi connectivity index (χ2n) is 6.90. The highest BCUT2D eigenvalue weighted by Gasteiger charge is 2.26. The fourth-order valence-electron chi connectivity index (χ4n) is 2.81. The van der Waals surface area contributed by atoms with Crippen molar-refractivity contribution in [3.63, 3.8) is 0 Å². The van der Waals surface area contributed by atoms with Crippen LogP contribution in [0.25, 0.3) is 0 Å². The molecule has 0 fully saturated rings. The Bertz CT molecular complexity index is 1140. The largest absolute Gasteiger partial charge is 0.481 e. The maximum atomic E-state index is 12.9. The standard InChI is InChI=1S/C21H19Cl2N5O4S2/c22-14-7-4-8-15(23)19(14)34-20-25-26-27-28(20)12-17(29)16(11-18(30)31)24-21(32)33-10-9-13-5-2-1-3-6-13/h1-8,16H,9-12H2,(H,24,32)(H,30,31). The van der Waals surface area contributed by atoms with Crippen LogP contribution in [0.2, 0.25) is 10.0 Å². The second kappa shape index (κ2) is 12.7. The van der Waals surface area contributed by atoms with Crippen LogP contribution < -0.4 is 5.32 Å². The van der Waals surface area contributed by atoms with Gasteiger partial charge in [-0.2, -0.15) is 0 Å². The van der Waals surface area contributed by atoms with Crippen LogP contribution >= 0.6 is 46.7 Å². The van der Waals surface area contributed by atoms with Gasteiger partial charge in [-0.25, -0.2) is 4.68 Å². The fourth-order valence-corrected chi connectivity index (χ4v) is 4.98. The van der Waals surface area contributed by atoms with E-state index in [2.05, 4.69) is 20.8 Å². The SMILES string of the molecule is O=C(O)CC(NC(=O)SCCc1ccccc1)C(=O)Cn1nnnc1Sc1c(Cl)cccc1Cl. The van der Waals surface area contributed by atoms with Crippen LogP contribution in [0.1, 0.15) is 12.0 Å². The Kier molecular flexibility index (Phi) is 9.75. The van der Waals surface area contributed by atoms with E-state index in [0.717, 1.165) is 29.1 Å². The first-order valence-corrected chi connectivity index (χ1v) is 12.5. The van der Waals surface area contributed by atoms with Crippen LogP contribution in [0.5, 0.6) is 0 Å². The first kappa shape index (κ1) is 26.0. The number of aromatic nitrogens is 4. The lowest BCUT2D eigenvalue weighted by Crippen LogP contribution is -2.42. The van der Waals surface area contributed by atoms with E-state index in [4.69, 9.17) is 23.2 Å². The molecule has 178 valence electrons. The Morgan fingerprint density at radius 2 is 1.76 bits per heavy atom. The molecule has 9 nitrogen and oxygen atoms in total. The number of ketones is 1. The maximum absolute atomic E-state index is 12.9. The molecule has 0 radical (unpaired) electrons. The Balaban J connectivity index is 1.62. The molecule has 1 atom stereocenters. The number of hydrogen-bond donors (Lipinski definition) is 2. The van der Waals surface area contributed by atoms with Crippen molar-refractivity contribution in [2.24, 2.45) is 0 Å². The predicted octanol–water partition coefficient (Wildman–Crippen LogP) is 4.23. The number of hydrogen-bond acceptors (Lipinski definition) is 8. The van der Waals surface area contributed by atoms with Crippen LogP contribution in [0, 0.1) is 0 Å². The van der Waals surface area contributed by atoms with Gasteiger partial charge in [-0.15, -0.1) is 5.10 Å². The number of rotatable bonds is 11. The maximum Gasteiger partial charge on any atom is 0.305 e. The molecule has 0 saturated carbocycles. The summed E-state index contributed by atoms with van der Waals surface area (Å²) in [5.41, 5.74) is 1.07. The third-order valence-electron chi connectivity index (χ3n) is 4.44. The number of halogens is 2. The molecule has 0 aliphatic heterocycles. The Morgan fingerprint density at radius 3 is 2.44 bits per heavy atom. The molecule has 34 heavy (non-hydrogen) atoms. The van der Waals surface area contributed by atoms with Crippen molar-refractivity contribution >= 4 is 63.7 Å². The fraction of sp³-hybridized carbons (Fsp3) is 0.238. The highest BCUT2D eigenvalue weighted by atomic mass is 35.5. The minimum absolute atomic E-state index is 0.237. The van der Waals surface area contributed by atoms with Gasteiger partial charge < -0.3 is 10.4 Å². The monoisotopic (exact) mass is 539 g/mol. The number of nitrogens with zero attached hydrogens (tertiary/aromatic N) is 4. The van der Waals surface area contributed by atoms with Gasteiger partial charge in [-0.3, -0.25) is 14.4 Å². The van der Waals surface area contributed by atoms with Crippen molar-refractivity contribution in [3.8, 4) is 0 Å². The number of Topliss-reactive ketones (excluding diaryl/α,β-unsaturated/α-hetero) is 1. The molecule has 13 heteroatoms. The normalized spacial score (nSPS) is 11.7. The Hall–Kier alpha value is -2.60. The minimum atomic E-state index is -1.24. The summed E-state index contributed by atoms with van der Waals surface area (Å²) < 4.78 is 1.20. The van der Waals surface area contributed by atoms with Crippen LogP contribution in [-0.2, 0) is 22.6 Å². The number of nitrogens with one attached hydrogen (secondary N) is 1. The number of carboxylic acid groups (broad SMARTS) is 1. The van der Waals surface area contributed by atoms with Crippen molar-refractivity contribution < 1.29 is 19.5 Å². The van der Waals surface area contributed by atoms with Gasteiger partial charge in [0.2, 0.25) is 5.16 Å². The van der Waals surface area contributed by atoms with E-state index < -0.39 is 29.5 Å². The predicted molar refractivity (Wildman–Crippen MR) is 131 cm³/mol. The molecule has 3 rings (SSSR count). The zero-order chi connectivity index (χ0) is 24.5. The molecular weight excluding hydrogens is 521 g/mol. The molecule has 0 bridgehead atoms. The van der Waals surface area contributed by atoms with Crippen molar-refractivity contribution in [2.75, 3.05) is 5.75 Å². The third-order valence-corrected chi connectivity index (χ3v) is 7.20. The van der Waals surface area contributed by atoms with Crippen molar-refractivity contribution in [1.29, 1.82) is 0 Å². The van der Waals surface area contributed by atoms with Gasteiger partial charge in [0.1, 0.15) is 12.6 Å². The molecule has 1 unspecified atom stereocenters. The minimum Gasteiger partial charge on any atom is -0.481 e. The summed E-state index contributed by atoms with van der Waals surface area (Å²) in [7, 11) is 0. The van der Waals surface area contributed by atoms with Gasteiger partial charge in [0.25, 0.3) is 5.24 Å². The van der Waals surface area contributed by atoms with Gasteiger partial charge in [0, 0.05) is 5.75 Å². The molecule has 0 aliphatic carbocycles. The van der Waals surface area contributed by atoms with E-state index in [-0.39, 0.29) is 11.7 Å². The van der Waals surface area contributed by atoms with Crippen molar-refractivity contribution in [3.05, 3.63) is 64.1 Å². The molecule has 1 heterocycles. The van der Waals surface area contributed by atoms with Gasteiger partial charge in [0.05, 0.1) is 21.4 Å². The molecule has 1 amide bonds. The molecule has 0 saturated heterocycles. The number of amides is 1. The number of benzene rings is 2. The number of carbonyl (C=O) groups excluding carboxylic acids is 2. The van der Waals surface area contributed by atoms with E-state index in [1.165, 1.54) is 4.68 Å². The average molecular weight is 540 g/mol. The first-order valence-electron chi connectivity index (χ1n) is 9.93. The van der Waals surface area contributed by atoms with Crippen molar-refractivity contribution in [2.45, 2.75) is 35.5 Å². The van der Waals surface area contributed by atoms with E-state index in [0.29, 0.717) is 27.1 Å². The zero-order valence-electron chi connectivity index (χ0n) is 17.6. The van der Waals surface area contributed by atoms with E-state index in [1.807, 2.05) is 30.3 Å². The topological polar surface area (TPSA) is 127 Å². The molecule has 0 spiro atoms. The molecule has 1 aromatic heterocycles. The molecule has 3 aromatic rings. The molecule has 2 N–H and O–H groups in total. The van der Waals surface area contributed by atoms with Crippen LogP contribution in [0.15, 0.2) is 58.6 Å².